The van der Waals surface area contributed by atoms with E-state index < -0.39 is 39.8 Å². The summed E-state index contributed by atoms with van der Waals surface area (Å²) in [4.78, 5) is 39.0. The Morgan fingerprint density at radius 2 is 1.54 bits per heavy atom. The number of Topliss-reactive ketones (excluding diaryl/α,β-unsaturated/α-hetero) is 1. The van der Waals surface area contributed by atoms with Crippen LogP contribution in [0.2, 0.25) is 0 Å². The summed E-state index contributed by atoms with van der Waals surface area (Å²) in [5, 5.41) is 2.53. The van der Waals surface area contributed by atoms with E-state index >= 15 is 0 Å². The van der Waals surface area contributed by atoms with Gasteiger partial charge in [-0.25, -0.2) is 8.42 Å². The Morgan fingerprint density at radius 3 is 2.15 bits per heavy atom. The van der Waals surface area contributed by atoms with Gasteiger partial charge in [-0.05, 0) is 44.2 Å². The van der Waals surface area contributed by atoms with Crippen molar-refractivity contribution in [3.8, 4) is 40.1 Å². The molecule has 0 bridgehead atoms. The Hall–Kier alpha value is -5.08. The van der Waals surface area contributed by atoms with Gasteiger partial charge in [0.2, 0.25) is 21.2 Å². The molecule has 4 rings (SSSR count). The minimum Gasteiger partial charge on any atom is -0.496 e. The number of hydrogen-bond donors (Lipinski definition) is 2. The van der Waals surface area contributed by atoms with E-state index in [0.29, 0.717) is 22.8 Å². The monoisotopic (exact) mass is 654 g/mol. The van der Waals surface area contributed by atoms with E-state index in [2.05, 4.69) is 10.0 Å². The molecular formula is C32H34N2O11S. The topological polar surface area (TPSA) is 169 Å². The summed E-state index contributed by atoms with van der Waals surface area (Å²) in [5.74, 6) is -0.282. The second-order valence-electron chi connectivity index (χ2n) is 10.1. The number of amides is 1. The quantitative estimate of drug-likeness (QED) is 0.205. The second-order valence-corrected chi connectivity index (χ2v) is 11.8. The lowest BCUT2D eigenvalue weighted by Gasteiger charge is -2.18. The van der Waals surface area contributed by atoms with Crippen LogP contribution in [0.3, 0.4) is 0 Å². The lowest BCUT2D eigenvalue weighted by atomic mass is 10.1. The van der Waals surface area contributed by atoms with Gasteiger partial charge >= 0.3 is 0 Å². The maximum atomic E-state index is 13.8. The molecule has 0 aliphatic rings. The third-order valence-corrected chi connectivity index (χ3v) is 8.45. The van der Waals surface area contributed by atoms with E-state index in [1.165, 1.54) is 59.6 Å². The first kappa shape index (κ1) is 33.8. The first-order valence-corrected chi connectivity index (χ1v) is 15.3. The lowest BCUT2D eigenvalue weighted by Crippen LogP contribution is -2.48. The summed E-state index contributed by atoms with van der Waals surface area (Å²) in [6, 6.07) is 12.6. The van der Waals surface area contributed by atoms with E-state index in [1.54, 1.807) is 30.3 Å². The molecular weight excluding hydrogens is 620 g/mol. The molecule has 0 radical (unpaired) electrons. The molecule has 1 aromatic heterocycles. The number of fused-ring (bicyclic) bond motifs is 1. The van der Waals surface area contributed by atoms with Gasteiger partial charge in [-0.1, -0.05) is 17.7 Å². The smallest absolute Gasteiger partial charge is 0.258 e. The first-order valence-electron chi connectivity index (χ1n) is 13.9. The fourth-order valence-corrected chi connectivity index (χ4v) is 5.72. The highest BCUT2D eigenvalue weighted by Crippen LogP contribution is 2.39. The zero-order valence-electron chi connectivity index (χ0n) is 26.1. The Kier molecular flexibility index (Phi) is 10.5. The van der Waals surface area contributed by atoms with Gasteiger partial charge in [0.15, 0.2) is 23.9 Å². The molecule has 0 aliphatic heterocycles. The van der Waals surface area contributed by atoms with Crippen LogP contribution in [0, 0.1) is 6.92 Å². The largest absolute Gasteiger partial charge is 0.496 e. The van der Waals surface area contributed by atoms with E-state index in [1.807, 2.05) is 6.92 Å². The summed E-state index contributed by atoms with van der Waals surface area (Å²) in [7, 11) is 1.70. The van der Waals surface area contributed by atoms with Gasteiger partial charge in [0.1, 0.15) is 28.3 Å². The van der Waals surface area contributed by atoms with Crippen molar-refractivity contribution in [2.75, 3.05) is 41.6 Å². The van der Waals surface area contributed by atoms with Crippen LogP contribution in [0.15, 0.2) is 68.7 Å². The number of aryl methyl sites for hydroxylation is 1. The van der Waals surface area contributed by atoms with Crippen LogP contribution < -0.4 is 39.2 Å². The molecule has 14 heteroatoms. The molecule has 0 aliphatic carbocycles. The van der Waals surface area contributed by atoms with Crippen molar-refractivity contribution in [1.29, 1.82) is 0 Å². The predicted octanol–water partition coefficient (Wildman–Crippen LogP) is 3.23. The SMILES string of the molecule is COc1cc(OC)c2c(=O)c(OCC(=O)NCC(NS(=O)(=O)c3ccc(C)cc3)C(C)=O)c(-c3ccc(OC)c(OC)c3)oc2c1. The van der Waals surface area contributed by atoms with E-state index in [0.717, 1.165) is 5.56 Å². The molecule has 0 spiro atoms. The van der Waals surface area contributed by atoms with Crippen molar-refractivity contribution in [1.82, 2.24) is 10.0 Å². The van der Waals surface area contributed by atoms with Crippen molar-refractivity contribution >= 4 is 32.7 Å². The highest BCUT2D eigenvalue weighted by Gasteiger charge is 2.26. The van der Waals surface area contributed by atoms with E-state index in [9.17, 15) is 22.8 Å². The van der Waals surface area contributed by atoms with E-state index in [4.69, 9.17) is 28.1 Å². The molecule has 3 aromatic carbocycles. The maximum absolute atomic E-state index is 13.8. The molecule has 4 aromatic rings. The molecule has 0 fully saturated rings. The van der Waals surface area contributed by atoms with Crippen LogP contribution in [-0.4, -0.2) is 67.7 Å². The molecule has 1 heterocycles. The summed E-state index contributed by atoms with van der Waals surface area (Å²) >= 11 is 0. The summed E-state index contributed by atoms with van der Waals surface area (Å²) < 4.78 is 61.3. The number of sulfonamides is 1. The van der Waals surface area contributed by atoms with Crippen molar-refractivity contribution in [3.05, 3.63) is 70.4 Å². The van der Waals surface area contributed by atoms with Gasteiger partial charge in [0, 0.05) is 24.2 Å². The highest BCUT2D eigenvalue weighted by molar-refractivity contribution is 7.89. The standard InChI is InChI=1S/C32H34N2O11S/c1-18-7-10-22(11-8-18)46(38,39)34-23(19(2)35)16-33-28(36)17-44-32-30(37)29-26(43-6)14-21(40-3)15-27(29)45-31(32)20-9-12-24(41-4)25(13-20)42-5/h7-15,23,34H,16-17H2,1-6H3,(H,33,36). The summed E-state index contributed by atoms with van der Waals surface area (Å²) in [6.45, 7) is 1.96. The first-order chi connectivity index (χ1) is 21.9. The third kappa shape index (κ3) is 7.41. The molecule has 1 amide bonds. The molecule has 46 heavy (non-hydrogen) atoms. The van der Waals surface area contributed by atoms with Gasteiger partial charge in [0.25, 0.3) is 5.91 Å². The number of rotatable bonds is 14. The molecule has 1 atom stereocenters. The minimum atomic E-state index is -4.06. The molecule has 0 saturated carbocycles. The predicted molar refractivity (Wildman–Crippen MR) is 169 cm³/mol. The van der Waals surface area contributed by atoms with Crippen LogP contribution in [-0.2, 0) is 19.6 Å². The van der Waals surface area contributed by atoms with Crippen LogP contribution in [0.5, 0.6) is 28.7 Å². The van der Waals surface area contributed by atoms with Gasteiger partial charge in [0.05, 0.1) is 39.4 Å². The number of ether oxygens (including phenoxy) is 5. The molecule has 2 N–H and O–H groups in total. The van der Waals surface area contributed by atoms with Gasteiger partial charge < -0.3 is 33.4 Å². The number of methoxy groups -OCH3 is 4. The van der Waals surface area contributed by atoms with Crippen molar-refractivity contribution < 1.29 is 46.1 Å². The minimum absolute atomic E-state index is 0.0194. The van der Waals surface area contributed by atoms with E-state index in [-0.39, 0.29) is 39.7 Å². The number of carbonyl (C=O) groups excluding carboxylic acids is 2. The highest BCUT2D eigenvalue weighted by atomic mass is 32.2. The summed E-state index contributed by atoms with van der Waals surface area (Å²) in [6.07, 6.45) is 0. The molecule has 13 nitrogen and oxygen atoms in total. The number of nitrogens with one attached hydrogen (secondary N) is 2. The van der Waals surface area contributed by atoms with Crippen LogP contribution in [0.4, 0.5) is 0 Å². The Labute approximate surface area is 265 Å². The number of carbonyl (C=O) groups is 2. The van der Waals surface area contributed by atoms with Crippen molar-refractivity contribution in [2.24, 2.45) is 0 Å². The zero-order valence-corrected chi connectivity index (χ0v) is 26.9. The van der Waals surface area contributed by atoms with Crippen molar-refractivity contribution in [3.63, 3.8) is 0 Å². The molecule has 244 valence electrons. The summed E-state index contributed by atoms with van der Waals surface area (Å²) in [5.41, 5.74) is 0.733. The number of ketones is 1. The molecule has 1 unspecified atom stereocenters. The second kappa shape index (κ2) is 14.3. The Morgan fingerprint density at radius 1 is 0.870 bits per heavy atom. The number of hydrogen-bond acceptors (Lipinski definition) is 11. The normalized spacial score (nSPS) is 11.9. The van der Waals surface area contributed by atoms with Crippen molar-refractivity contribution in [2.45, 2.75) is 24.8 Å². The fraction of sp³-hybridized carbons (Fsp3) is 0.281. The average molecular weight is 655 g/mol. The van der Waals surface area contributed by atoms with Crippen LogP contribution in [0.25, 0.3) is 22.3 Å². The van der Waals surface area contributed by atoms with Gasteiger partial charge in [-0.2, -0.15) is 4.72 Å². The van der Waals surface area contributed by atoms with Gasteiger partial charge in [-0.3, -0.25) is 14.4 Å². The molecule has 0 saturated heterocycles. The maximum Gasteiger partial charge on any atom is 0.258 e. The zero-order chi connectivity index (χ0) is 33.6. The van der Waals surface area contributed by atoms with Gasteiger partial charge in [-0.15, -0.1) is 0 Å². The third-order valence-electron chi connectivity index (χ3n) is 6.96. The van der Waals surface area contributed by atoms with Crippen LogP contribution >= 0.6 is 0 Å². The Bertz CT molecular complexity index is 1920. The van der Waals surface area contributed by atoms with Crippen LogP contribution in [0.1, 0.15) is 12.5 Å². The lowest BCUT2D eigenvalue weighted by molar-refractivity contribution is -0.123. The number of benzene rings is 3. The Balaban J connectivity index is 1.63. The average Bonchev–Trinajstić information content (AvgIpc) is 3.05. The fourth-order valence-electron chi connectivity index (χ4n) is 4.47.